The van der Waals surface area contributed by atoms with Crippen molar-refractivity contribution in [3.8, 4) is 0 Å². The number of aromatic nitrogens is 2. The number of hydrogen-bond acceptors (Lipinski definition) is 6. The van der Waals surface area contributed by atoms with Gasteiger partial charge in [0.05, 0.1) is 17.8 Å². The fraction of sp³-hybridized carbons (Fsp3) is 0.222. The van der Waals surface area contributed by atoms with Crippen molar-refractivity contribution < 1.29 is 4.79 Å². The summed E-state index contributed by atoms with van der Waals surface area (Å²) in [6.45, 7) is 1.88. The highest BCUT2D eigenvalue weighted by atomic mass is 32.1. The fourth-order valence-electron chi connectivity index (χ4n) is 1.14. The molecular weight excluding hydrogens is 244 g/mol. The summed E-state index contributed by atoms with van der Waals surface area (Å²) in [5, 5.41) is 7.47. The first-order valence-electron chi connectivity index (χ1n) is 4.55. The molecule has 0 aromatic carbocycles. The third-order valence-corrected chi connectivity index (χ3v) is 3.37. The molecule has 0 saturated carbocycles. The van der Waals surface area contributed by atoms with Crippen LogP contribution in [0.25, 0.3) is 0 Å². The molecular formula is C9H10N4OS2. The van der Waals surface area contributed by atoms with Gasteiger partial charge < -0.3 is 11.1 Å². The van der Waals surface area contributed by atoms with Gasteiger partial charge in [0.15, 0.2) is 10.3 Å². The van der Waals surface area contributed by atoms with Crippen molar-refractivity contribution >= 4 is 38.8 Å². The number of nitrogens with one attached hydrogen (secondary N) is 1. The predicted octanol–water partition coefficient (Wildman–Crippen LogP) is 1.67. The second-order valence-corrected chi connectivity index (χ2v) is 4.94. The van der Waals surface area contributed by atoms with Crippen LogP contribution in [0.2, 0.25) is 0 Å². The zero-order chi connectivity index (χ0) is 11.5. The van der Waals surface area contributed by atoms with Crippen molar-refractivity contribution in [2.75, 3.05) is 11.1 Å². The number of nitrogens with two attached hydrogens (primary N) is 1. The van der Waals surface area contributed by atoms with Crippen LogP contribution in [-0.2, 0) is 11.2 Å². The molecule has 2 heterocycles. The summed E-state index contributed by atoms with van der Waals surface area (Å²) in [7, 11) is 0. The van der Waals surface area contributed by atoms with E-state index in [1.165, 1.54) is 22.7 Å². The fourth-order valence-corrected chi connectivity index (χ4v) is 2.41. The van der Waals surface area contributed by atoms with Crippen LogP contribution in [0.5, 0.6) is 0 Å². The van der Waals surface area contributed by atoms with Crippen molar-refractivity contribution in [2.45, 2.75) is 13.3 Å². The summed E-state index contributed by atoms with van der Waals surface area (Å²) in [6.07, 6.45) is 0.228. The molecule has 0 atom stereocenters. The molecule has 0 aliphatic rings. The van der Waals surface area contributed by atoms with Crippen molar-refractivity contribution in [1.82, 2.24) is 9.97 Å². The maximum absolute atomic E-state index is 11.6. The zero-order valence-electron chi connectivity index (χ0n) is 8.56. The smallest absolute Gasteiger partial charge is 0.232 e. The number of rotatable bonds is 3. The van der Waals surface area contributed by atoms with Crippen LogP contribution in [0.15, 0.2) is 10.8 Å². The highest BCUT2D eigenvalue weighted by Crippen LogP contribution is 2.15. The lowest BCUT2D eigenvalue weighted by molar-refractivity contribution is -0.115. The Balaban J connectivity index is 1.94. The first-order chi connectivity index (χ1) is 7.63. The molecule has 0 saturated heterocycles. The van der Waals surface area contributed by atoms with E-state index in [4.69, 9.17) is 5.73 Å². The van der Waals surface area contributed by atoms with E-state index >= 15 is 0 Å². The molecule has 3 N–H and O–H groups in total. The lowest BCUT2D eigenvalue weighted by Gasteiger charge is -1.98. The topological polar surface area (TPSA) is 80.9 Å². The highest BCUT2D eigenvalue weighted by molar-refractivity contribution is 7.14. The molecule has 0 aliphatic heterocycles. The maximum Gasteiger partial charge on any atom is 0.232 e. The van der Waals surface area contributed by atoms with Crippen molar-refractivity contribution in [1.29, 1.82) is 0 Å². The van der Waals surface area contributed by atoms with Crippen molar-refractivity contribution in [3.63, 3.8) is 0 Å². The van der Waals surface area contributed by atoms with Crippen LogP contribution in [0.1, 0.15) is 11.4 Å². The highest BCUT2D eigenvalue weighted by Gasteiger charge is 2.08. The van der Waals surface area contributed by atoms with E-state index in [1.807, 2.05) is 12.3 Å². The summed E-state index contributed by atoms with van der Waals surface area (Å²) >= 11 is 2.74. The summed E-state index contributed by atoms with van der Waals surface area (Å²) in [5.41, 5.74) is 7.06. The van der Waals surface area contributed by atoms with Gasteiger partial charge in [0.25, 0.3) is 0 Å². The van der Waals surface area contributed by atoms with Gasteiger partial charge in [0, 0.05) is 10.8 Å². The third kappa shape index (κ3) is 2.77. The van der Waals surface area contributed by atoms with E-state index in [0.717, 1.165) is 5.69 Å². The molecule has 1 amide bonds. The second kappa shape index (κ2) is 4.58. The van der Waals surface area contributed by atoms with E-state index in [1.54, 1.807) is 5.38 Å². The minimum atomic E-state index is -0.125. The minimum absolute atomic E-state index is 0.125. The van der Waals surface area contributed by atoms with E-state index in [-0.39, 0.29) is 12.3 Å². The van der Waals surface area contributed by atoms with Crippen molar-refractivity contribution in [3.05, 3.63) is 22.1 Å². The van der Waals surface area contributed by atoms with Gasteiger partial charge in [-0.15, -0.1) is 22.7 Å². The number of aryl methyl sites for hydroxylation is 1. The average molecular weight is 254 g/mol. The number of amides is 1. The van der Waals surface area contributed by atoms with E-state index in [0.29, 0.717) is 16.0 Å². The molecule has 5 nitrogen and oxygen atoms in total. The molecule has 0 radical (unpaired) electrons. The van der Waals surface area contributed by atoms with Gasteiger partial charge in [-0.05, 0) is 6.92 Å². The second-order valence-electron chi connectivity index (χ2n) is 3.20. The van der Waals surface area contributed by atoms with Gasteiger partial charge in [-0.3, -0.25) is 4.79 Å². The van der Waals surface area contributed by atoms with Crippen LogP contribution < -0.4 is 11.1 Å². The van der Waals surface area contributed by atoms with Gasteiger partial charge in [-0.25, -0.2) is 9.97 Å². The number of anilines is 2. The van der Waals surface area contributed by atoms with Gasteiger partial charge >= 0.3 is 0 Å². The lowest BCUT2D eigenvalue weighted by Crippen LogP contribution is -2.14. The Labute approximate surface area is 100 Å². The number of carbonyl (C=O) groups is 1. The monoisotopic (exact) mass is 254 g/mol. The lowest BCUT2D eigenvalue weighted by atomic mass is 10.3. The molecule has 2 aromatic rings. The van der Waals surface area contributed by atoms with Crippen LogP contribution >= 0.6 is 22.7 Å². The van der Waals surface area contributed by atoms with E-state index in [9.17, 15) is 4.79 Å². The Kier molecular flexibility index (Phi) is 3.16. The summed E-state index contributed by atoms with van der Waals surface area (Å²) in [5.74, 6) is -0.125. The van der Waals surface area contributed by atoms with Gasteiger partial charge in [0.1, 0.15) is 0 Å². The van der Waals surface area contributed by atoms with Crippen LogP contribution in [0, 0.1) is 6.92 Å². The number of hydrogen-bond donors (Lipinski definition) is 2. The number of nitrogen functional groups attached to an aromatic ring is 1. The largest absolute Gasteiger partial charge is 0.375 e. The van der Waals surface area contributed by atoms with E-state index < -0.39 is 0 Å². The Hall–Kier alpha value is -1.47. The van der Waals surface area contributed by atoms with Crippen molar-refractivity contribution in [2.24, 2.45) is 0 Å². The Morgan fingerprint density at radius 2 is 2.25 bits per heavy atom. The molecule has 0 bridgehead atoms. The van der Waals surface area contributed by atoms with Gasteiger partial charge in [0.2, 0.25) is 5.91 Å². The Morgan fingerprint density at radius 3 is 2.81 bits per heavy atom. The predicted molar refractivity (Wildman–Crippen MR) is 65.7 cm³/mol. The summed E-state index contributed by atoms with van der Waals surface area (Å²) in [6, 6.07) is 0. The average Bonchev–Trinajstić information content (AvgIpc) is 2.76. The molecule has 0 aliphatic carbocycles. The molecule has 7 heteroatoms. The van der Waals surface area contributed by atoms with Gasteiger partial charge in [-0.1, -0.05) is 0 Å². The first kappa shape index (κ1) is 11.0. The standard InChI is InChI=1S/C9H10N4OS2/c1-5-3-16-9(11-5)13-7(14)2-6-4-15-8(10)12-6/h3-4H,2H2,1H3,(H2,10,12)(H,11,13,14). The first-order valence-corrected chi connectivity index (χ1v) is 6.31. The van der Waals surface area contributed by atoms with E-state index in [2.05, 4.69) is 15.3 Å². The third-order valence-electron chi connectivity index (χ3n) is 1.78. The minimum Gasteiger partial charge on any atom is -0.375 e. The Bertz CT molecular complexity index is 461. The Morgan fingerprint density at radius 1 is 1.44 bits per heavy atom. The summed E-state index contributed by atoms with van der Waals surface area (Å²) < 4.78 is 0. The zero-order valence-corrected chi connectivity index (χ0v) is 10.2. The maximum atomic E-state index is 11.6. The molecule has 0 fully saturated rings. The molecule has 0 spiro atoms. The number of nitrogens with zero attached hydrogens (tertiary/aromatic N) is 2. The molecule has 16 heavy (non-hydrogen) atoms. The molecule has 2 aromatic heterocycles. The SMILES string of the molecule is Cc1csc(NC(=O)Cc2csc(N)n2)n1. The molecule has 0 unspecified atom stereocenters. The molecule has 84 valence electrons. The van der Waals surface area contributed by atoms with Crippen LogP contribution in [-0.4, -0.2) is 15.9 Å². The number of thiazole rings is 2. The molecule has 2 rings (SSSR count). The van der Waals surface area contributed by atoms with Crippen LogP contribution in [0.3, 0.4) is 0 Å². The quantitative estimate of drug-likeness (QED) is 0.873. The van der Waals surface area contributed by atoms with Crippen LogP contribution in [0.4, 0.5) is 10.3 Å². The summed E-state index contributed by atoms with van der Waals surface area (Å²) in [4.78, 5) is 19.7. The normalized spacial score (nSPS) is 10.3. The van der Waals surface area contributed by atoms with Gasteiger partial charge in [-0.2, -0.15) is 0 Å². The number of carbonyl (C=O) groups excluding carboxylic acids is 1.